The lowest BCUT2D eigenvalue weighted by atomic mass is 10.1. The summed E-state index contributed by atoms with van der Waals surface area (Å²) >= 11 is 6.27. The molecule has 22 heavy (non-hydrogen) atoms. The molecule has 2 heterocycles. The molecule has 0 spiro atoms. The number of amides is 1. The van der Waals surface area contributed by atoms with E-state index in [1.165, 1.54) is 0 Å². The average molecular weight is 321 g/mol. The lowest BCUT2D eigenvalue weighted by Crippen LogP contribution is -2.39. The maximum Gasteiger partial charge on any atom is 0.275 e. The topological polar surface area (TPSA) is 64.4 Å². The van der Waals surface area contributed by atoms with Gasteiger partial charge in [0, 0.05) is 24.8 Å². The fourth-order valence-corrected chi connectivity index (χ4v) is 2.66. The minimum Gasteiger partial charge on any atom is -0.381 e. The van der Waals surface area contributed by atoms with E-state index in [4.69, 9.17) is 20.9 Å². The van der Waals surface area contributed by atoms with Crippen molar-refractivity contribution in [3.63, 3.8) is 0 Å². The lowest BCUT2D eigenvalue weighted by Gasteiger charge is -2.22. The summed E-state index contributed by atoms with van der Waals surface area (Å²) in [5.41, 5.74) is 2.06. The van der Waals surface area contributed by atoms with Gasteiger partial charge in [0.05, 0.1) is 0 Å². The van der Waals surface area contributed by atoms with Crippen LogP contribution in [-0.2, 0) is 4.74 Å². The van der Waals surface area contributed by atoms with Crippen molar-refractivity contribution in [2.24, 2.45) is 0 Å². The van der Waals surface area contributed by atoms with Gasteiger partial charge < -0.3 is 14.6 Å². The molecule has 0 saturated carbocycles. The zero-order valence-electron chi connectivity index (χ0n) is 12.3. The molecule has 1 N–H and O–H groups in total. The molecule has 1 aromatic carbocycles. The first-order chi connectivity index (χ1) is 10.6. The Morgan fingerprint density at radius 3 is 2.64 bits per heavy atom. The van der Waals surface area contributed by atoms with Crippen LogP contribution >= 0.6 is 11.6 Å². The van der Waals surface area contributed by atoms with Gasteiger partial charge in [-0.2, -0.15) is 0 Å². The van der Waals surface area contributed by atoms with E-state index in [1.54, 1.807) is 0 Å². The number of carbonyl (C=O) groups excluding carboxylic acids is 1. The second kappa shape index (κ2) is 6.50. The van der Waals surface area contributed by atoms with Gasteiger partial charge in [0.25, 0.3) is 5.91 Å². The van der Waals surface area contributed by atoms with Crippen molar-refractivity contribution in [2.75, 3.05) is 13.2 Å². The molecule has 116 valence electrons. The van der Waals surface area contributed by atoms with Crippen molar-refractivity contribution in [3.8, 4) is 11.3 Å². The van der Waals surface area contributed by atoms with Gasteiger partial charge in [-0.3, -0.25) is 4.79 Å². The van der Waals surface area contributed by atoms with Crippen LogP contribution in [0, 0.1) is 6.92 Å². The van der Waals surface area contributed by atoms with Crippen molar-refractivity contribution in [1.29, 1.82) is 0 Å². The van der Waals surface area contributed by atoms with Gasteiger partial charge in [-0.15, -0.1) is 0 Å². The summed E-state index contributed by atoms with van der Waals surface area (Å²) in [4.78, 5) is 12.3. The molecule has 1 aliphatic heterocycles. The maximum atomic E-state index is 12.3. The monoisotopic (exact) mass is 320 g/mol. The van der Waals surface area contributed by atoms with Crippen molar-refractivity contribution < 1.29 is 14.1 Å². The van der Waals surface area contributed by atoms with E-state index >= 15 is 0 Å². The predicted octanol–water partition coefficient (Wildman–Crippen LogP) is 3.21. The van der Waals surface area contributed by atoms with Gasteiger partial charge in [0.15, 0.2) is 11.5 Å². The molecule has 0 bridgehead atoms. The minimum atomic E-state index is -0.306. The highest BCUT2D eigenvalue weighted by molar-refractivity contribution is 6.35. The van der Waals surface area contributed by atoms with E-state index in [2.05, 4.69) is 10.5 Å². The Bertz CT molecular complexity index is 661. The lowest BCUT2D eigenvalue weighted by molar-refractivity contribution is 0.0692. The first-order valence-electron chi connectivity index (χ1n) is 7.26. The third-order valence-corrected chi connectivity index (χ3v) is 4.07. The van der Waals surface area contributed by atoms with Crippen LogP contribution in [0.25, 0.3) is 11.3 Å². The molecular formula is C16H17ClN2O3. The molecule has 1 aliphatic rings. The van der Waals surface area contributed by atoms with Crippen LogP contribution in [0.4, 0.5) is 0 Å². The summed E-state index contributed by atoms with van der Waals surface area (Å²) in [7, 11) is 0. The quantitative estimate of drug-likeness (QED) is 0.943. The fraction of sp³-hybridized carbons (Fsp3) is 0.375. The van der Waals surface area contributed by atoms with Crippen LogP contribution in [-0.4, -0.2) is 30.3 Å². The number of ether oxygens (including phenoxy) is 1. The molecule has 0 atom stereocenters. The van der Waals surface area contributed by atoms with Crippen LogP contribution in [0.2, 0.25) is 5.02 Å². The standard InChI is InChI=1S/C16H17ClN2O3/c1-10-2-4-11(5-3-10)15-13(17)14(19-22-15)16(20)18-12-6-8-21-9-7-12/h2-5,12H,6-9H2,1H3,(H,18,20). The molecule has 0 radical (unpaired) electrons. The number of halogens is 1. The number of hydrogen-bond donors (Lipinski definition) is 1. The Hall–Kier alpha value is -1.85. The SMILES string of the molecule is Cc1ccc(-c2onc(C(=O)NC3CCOCC3)c2Cl)cc1. The van der Waals surface area contributed by atoms with E-state index in [9.17, 15) is 4.79 Å². The van der Waals surface area contributed by atoms with Gasteiger partial charge in [0.2, 0.25) is 0 Å². The van der Waals surface area contributed by atoms with Crippen molar-refractivity contribution >= 4 is 17.5 Å². The number of hydrogen-bond acceptors (Lipinski definition) is 4. The van der Waals surface area contributed by atoms with E-state index in [1.807, 2.05) is 31.2 Å². The van der Waals surface area contributed by atoms with Crippen molar-refractivity contribution in [2.45, 2.75) is 25.8 Å². The highest BCUT2D eigenvalue weighted by atomic mass is 35.5. The number of carbonyl (C=O) groups is 1. The van der Waals surface area contributed by atoms with Crippen molar-refractivity contribution in [1.82, 2.24) is 10.5 Å². The molecule has 5 nitrogen and oxygen atoms in total. The molecule has 1 saturated heterocycles. The van der Waals surface area contributed by atoms with Crippen LogP contribution in [0.15, 0.2) is 28.8 Å². The van der Waals surface area contributed by atoms with Gasteiger partial charge in [-0.05, 0) is 19.8 Å². The Morgan fingerprint density at radius 2 is 1.95 bits per heavy atom. The molecule has 3 rings (SSSR count). The van der Waals surface area contributed by atoms with Gasteiger partial charge in [-0.1, -0.05) is 46.6 Å². The summed E-state index contributed by atoms with van der Waals surface area (Å²) in [5.74, 6) is 0.109. The van der Waals surface area contributed by atoms with E-state index < -0.39 is 0 Å². The summed E-state index contributed by atoms with van der Waals surface area (Å²) in [6.45, 7) is 3.32. The predicted molar refractivity (Wildman–Crippen MR) is 83.0 cm³/mol. The number of nitrogens with one attached hydrogen (secondary N) is 1. The number of aromatic nitrogens is 1. The highest BCUT2D eigenvalue weighted by Crippen LogP contribution is 2.31. The van der Waals surface area contributed by atoms with Gasteiger partial charge >= 0.3 is 0 Å². The maximum absolute atomic E-state index is 12.3. The third kappa shape index (κ3) is 3.15. The molecule has 0 aliphatic carbocycles. The molecule has 2 aromatic rings. The summed E-state index contributed by atoms with van der Waals surface area (Å²) in [6.07, 6.45) is 1.60. The first kappa shape index (κ1) is 15.1. The van der Waals surface area contributed by atoms with Gasteiger partial charge in [-0.25, -0.2) is 0 Å². The van der Waals surface area contributed by atoms with E-state index in [0.717, 1.165) is 24.0 Å². The summed E-state index contributed by atoms with van der Waals surface area (Å²) in [5, 5.41) is 7.00. The Balaban J connectivity index is 1.77. The summed E-state index contributed by atoms with van der Waals surface area (Å²) < 4.78 is 10.5. The largest absolute Gasteiger partial charge is 0.381 e. The third-order valence-electron chi connectivity index (χ3n) is 3.72. The van der Waals surface area contributed by atoms with Gasteiger partial charge in [0.1, 0.15) is 5.02 Å². The fourth-order valence-electron chi connectivity index (χ4n) is 2.40. The Morgan fingerprint density at radius 1 is 1.27 bits per heavy atom. The summed E-state index contributed by atoms with van der Waals surface area (Å²) in [6, 6.07) is 7.78. The van der Waals surface area contributed by atoms with E-state index in [0.29, 0.717) is 19.0 Å². The minimum absolute atomic E-state index is 0.0943. The Kier molecular flexibility index (Phi) is 4.45. The highest BCUT2D eigenvalue weighted by Gasteiger charge is 2.24. The number of benzene rings is 1. The molecule has 0 unspecified atom stereocenters. The molecule has 6 heteroatoms. The van der Waals surface area contributed by atoms with Crippen LogP contribution < -0.4 is 5.32 Å². The smallest absolute Gasteiger partial charge is 0.275 e. The number of rotatable bonds is 3. The molecule has 1 fully saturated rings. The zero-order chi connectivity index (χ0) is 15.5. The van der Waals surface area contributed by atoms with Crippen molar-refractivity contribution in [3.05, 3.63) is 40.5 Å². The second-order valence-corrected chi connectivity index (χ2v) is 5.78. The second-order valence-electron chi connectivity index (χ2n) is 5.40. The Labute approximate surface area is 133 Å². The van der Waals surface area contributed by atoms with Crippen LogP contribution in [0.3, 0.4) is 0 Å². The normalized spacial score (nSPS) is 15.7. The molecule has 1 amide bonds. The zero-order valence-corrected chi connectivity index (χ0v) is 13.0. The average Bonchev–Trinajstić information content (AvgIpc) is 2.91. The van der Waals surface area contributed by atoms with E-state index in [-0.39, 0.29) is 22.7 Å². The molecular weight excluding hydrogens is 304 g/mol. The van der Waals surface area contributed by atoms with Crippen LogP contribution in [0.1, 0.15) is 28.9 Å². The number of aryl methyl sites for hydroxylation is 1. The van der Waals surface area contributed by atoms with Crippen LogP contribution in [0.5, 0.6) is 0 Å². The molecule has 1 aromatic heterocycles. The first-order valence-corrected chi connectivity index (χ1v) is 7.64. The number of nitrogens with zero attached hydrogens (tertiary/aromatic N) is 1.